The maximum atomic E-state index is 11.5. The molecular formula is C21H16N2O3. The van der Waals surface area contributed by atoms with Crippen LogP contribution in [0, 0.1) is 6.92 Å². The molecule has 128 valence electrons. The predicted octanol–water partition coefficient (Wildman–Crippen LogP) is 4.59. The van der Waals surface area contributed by atoms with Gasteiger partial charge in [0, 0.05) is 5.56 Å². The molecule has 0 spiro atoms. The van der Waals surface area contributed by atoms with Crippen molar-refractivity contribution >= 4 is 17.1 Å². The summed E-state index contributed by atoms with van der Waals surface area (Å²) in [4.78, 5) is 15.9. The Morgan fingerprint density at radius 1 is 1.04 bits per heavy atom. The van der Waals surface area contributed by atoms with Gasteiger partial charge in [0.1, 0.15) is 5.75 Å². The highest BCUT2D eigenvalue weighted by molar-refractivity contribution is 6.00. The normalized spacial score (nSPS) is 10.8. The van der Waals surface area contributed by atoms with E-state index >= 15 is 0 Å². The van der Waals surface area contributed by atoms with Crippen LogP contribution in [-0.4, -0.2) is 16.4 Å². The van der Waals surface area contributed by atoms with Crippen LogP contribution in [0.25, 0.3) is 22.2 Å². The van der Waals surface area contributed by atoms with Crippen molar-refractivity contribution in [3.8, 4) is 17.1 Å². The molecule has 0 saturated carbocycles. The van der Waals surface area contributed by atoms with Gasteiger partial charge in [-0.2, -0.15) is 4.98 Å². The van der Waals surface area contributed by atoms with E-state index in [0.29, 0.717) is 23.0 Å². The number of aromatic nitrogens is 2. The second-order valence-corrected chi connectivity index (χ2v) is 5.98. The van der Waals surface area contributed by atoms with Crippen molar-refractivity contribution in [2.24, 2.45) is 0 Å². The molecule has 1 aromatic heterocycles. The molecule has 0 N–H and O–H groups in total. The van der Waals surface area contributed by atoms with Gasteiger partial charge in [0.05, 0.1) is 5.56 Å². The first-order chi connectivity index (χ1) is 12.7. The fraction of sp³-hybridized carbons (Fsp3) is 0.0952. The number of benzene rings is 3. The lowest BCUT2D eigenvalue weighted by molar-refractivity contribution is 0.111. The Kier molecular flexibility index (Phi) is 4.19. The van der Waals surface area contributed by atoms with Crippen molar-refractivity contribution in [3.63, 3.8) is 0 Å². The summed E-state index contributed by atoms with van der Waals surface area (Å²) in [6.07, 6.45) is 0.809. The topological polar surface area (TPSA) is 65.2 Å². The zero-order chi connectivity index (χ0) is 17.9. The Hall–Kier alpha value is -3.47. The SMILES string of the molecule is Cc1ccc(-c2noc(COc3ccc4ccccc4c3C=O)n2)cc1. The maximum absolute atomic E-state index is 11.5. The summed E-state index contributed by atoms with van der Waals surface area (Å²) in [5.41, 5.74) is 2.56. The molecule has 0 aliphatic heterocycles. The highest BCUT2D eigenvalue weighted by atomic mass is 16.5. The third kappa shape index (κ3) is 3.07. The quantitative estimate of drug-likeness (QED) is 0.495. The molecule has 0 unspecified atom stereocenters. The van der Waals surface area contributed by atoms with E-state index in [0.717, 1.165) is 22.6 Å². The summed E-state index contributed by atoms with van der Waals surface area (Å²) in [5, 5.41) is 5.83. The second-order valence-electron chi connectivity index (χ2n) is 5.98. The molecular weight excluding hydrogens is 328 g/mol. The third-order valence-corrected chi connectivity index (χ3v) is 4.18. The van der Waals surface area contributed by atoms with Crippen molar-refractivity contribution in [1.29, 1.82) is 0 Å². The zero-order valence-corrected chi connectivity index (χ0v) is 14.2. The van der Waals surface area contributed by atoms with Crippen LogP contribution in [0.15, 0.2) is 65.2 Å². The van der Waals surface area contributed by atoms with E-state index in [4.69, 9.17) is 9.26 Å². The minimum atomic E-state index is 0.0953. The summed E-state index contributed by atoms with van der Waals surface area (Å²) in [5.74, 6) is 1.36. The molecule has 0 amide bonds. The number of carbonyl (C=O) groups excluding carboxylic acids is 1. The molecule has 5 heteroatoms. The van der Waals surface area contributed by atoms with Gasteiger partial charge in [-0.25, -0.2) is 0 Å². The second kappa shape index (κ2) is 6.80. The van der Waals surface area contributed by atoms with Gasteiger partial charge in [-0.05, 0) is 23.8 Å². The van der Waals surface area contributed by atoms with E-state index in [1.807, 2.05) is 61.5 Å². The van der Waals surface area contributed by atoms with Crippen LogP contribution in [0.2, 0.25) is 0 Å². The van der Waals surface area contributed by atoms with Crippen molar-refractivity contribution in [1.82, 2.24) is 10.1 Å². The molecule has 0 atom stereocenters. The lowest BCUT2D eigenvalue weighted by Gasteiger charge is -2.08. The lowest BCUT2D eigenvalue weighted by Crippen LogP contribution is -1.99. The minimum Gasteiger partial charge on any atom is -0.483 e. The molecule has 0 aliphatic rings. The first-order valence-corrected chi connectivity index (χ1v) is 8.24. The number of aryl methyl sites for hydroxylation is 1. The van der Waals surface area contributed by atoms with E-state index < -0.39 is 0 Å². The van der Waals surface area contributed by atoms with Crippen LogP contribution in [0.4, 0.5) is 0 Å². The van der Waals surface area contributed by atoms with Crippen LogP contribution >= 0.6 is 0 Å². The van der Waals surface area contributed by atoms with Crippen LogP contribution in [-0.2, 0) is 6.61 Å². The Labute approximate surface area is 150 Å². The van der Waals surface area contributed by atoms with Gasteiger partial charge in [-0.15, -0.1) is 0 Å². The van der Waals surface area contributed by atoms with Crippen LogP contribution in [0.1, 0.15) is 21.8 Å². The van der Waals surface area contributed by atoms with Crippen molar-refractivity contribution in [2.75, 3.05) is 0 Å². The molecule has 0 bridgehead atoms. The van der Waals surface area contributed by atoms with Gasteiger partial charge < -0.3 is 9.26 Å². The van der Waals surface area contributed by atoms with Gasteiger partial charge in [0.25, 0.3) is 5.89 Å². The highest BCUT2D eigenvalue weighted by Crippen LogP contribution is 2.27. The molecule has 3 aromatic carbocycles. The Balaban J connectivity index is 1.55. The fourth-order valence-electron chi connectivity index (χ4n) is 2.80. The number of rotatable bonds is 5. The maximum Gasteiger partial charge on any atom is 0.264 e. The molecule has 1 heterocycles. The van der Waals surface area contributed by atoms with E-state index in [1.54, 1.807) is 6.07 Å². The Morgan fingerprint density at radius 3 is 2.65 bits per heavy atom. The average Bonchev–Trinajstić information content (AvgIpc) is 3.15. The van der Waals surface area contributed by atoms with E-state index in [-0.39, 0.29) is 6.61 Å². The van der Waals surface area contributed by atoms with Crippen LogP contribution in [0.3, 0.4) is 0 Å². The molecule has 4 rings (SSSR count). The Morgan fingerprint density at radius 2 is 1.85 bits per heavy atom. The van der Waals surface area contributed by atoms with Gasteiger partial charge in [-0.3, -0.25) is 4.79 Å². The summed E-state index contributed by atoms with van der Waals surface area (Å²) in [7, 11) is 0. The van der Waals surface area contributed by atoms with Crippen LogP contribution < -0.4 is 4.74 Å². The number of carbonyl (C=O) groups is 1. The molecule has 4 aromatic rings. The van der Waals surface area contributed by atoms with Crippen LogP contribution in [0.5, 0.6) is 5.75 Å². The molecule has 0 fully saturated rings. The Bertz CT molecular complexity index is 1070. The molecule has 0 saturated heterocycles. The number of hydrogen-bond acceptors (Lipinski definition) is 5. The fourth-order valence-corrected chi connectivity index (χ4v) is 2.80. The molecule has 5 nitrogen and oxygen atoms in total. The van der Waals surface area contributed by atoms with Gasteiger partial charge in [0.2, 0.25) is 5.82 Å². The summed E-state index contributed by atoms with van der Waals surface area (Å²) in [6, 6.07) is 19.3. The first-order valence-electron chi connectivity index (χ1n) is 8.24. The van der Waals surface area contributed by atoms with Crippen molar-refractivity contribution in [3.05, 3.63) is 77.7 Å². The lowest BCUT2D eigenvalue weighted by atomic mass is 10.0. The van der Waals surface area contributed by atoms with Gasteiger partial charge in [0.15, 0.2) is 12.9 Å². The highest BCUT2D eigenvalue weighted by Gasteiger charge is 2.12. The van der Waals surface area contributed by atoms with E-state index in [9.17, 15) is 4.79 Å². The number of nitrogens with zero attached hydrogens (tertiary/aromatic N) is 2. The smallest absolute Gasteiger partial charge is 0.264 e. The summed E-state index contributed by atoms with van der Waals surface area (Å²) >= 11 is 0. The van der Waals surface area contributed by atoms with Gasteiger partial charge >= 0.3 is 0 Å². The standard InChI is InChI=1S/C21H16N2O3/c1-14-6-8-16(9-7-14)21-22-20(26-23-21)13-25-19-11-10-15-4-2-3-5-17(15)18(19)12-24/h2-12H,13H2,1H3. The molecule has 0 radical (unpaired) electrons. The predicted molar refractivity (Wildman–Crippen MR) is 98.1 cm³/mol. The zero-order valence-electron chi connectivity index (χ0n) is 14.2. The van der Waals surface area contributed by atoms with Crippen molar-refractivity contribution in [2.45, 2.75) is 13.5 Å². The molecule has 26 heavy (non-hydrogen) atoms. The average molecular weight is 344 g/mol. The summed E-state index contributed by atoms with van der Waals surface area (Å²) in [6.45, 7) is 2.12. The van der Waals surface area contributed by atoms with Crippen molar-refractivity contribution < 1.29 is 14.1 Å². The monoisotopic (exact) mass is 344 g/mol. The van der Waals surface area contributed by atoms with E-state index in [2.05, 4.69) is 10.1 Å². The first kappa shape index (κ1) is 16.0. The van der Waals surface area contributed by atoms with E-state index in [1.165, 1.54) is 5.56 Å². The largest absolute Gasteiger partial charge is 0.483 e. The summed E-state index contributed by atoms with van der Waals surface area (Å²) < 4.78 is 11.0. The molecule has 0 aliphatic carbocycles. The number of hydrogen-bond donors (Lipinski definition) is 0. The number of aldehydes is 1. The van der Waals surface area contributed by atoms with Gasteiger partial charge in [-0.1, -0.05) is 65.3 Å². The minimum absolute atomic E-state index is 0.0953. The number of fused-ring (bicyclic) bond motifs is 1. The third-order valence-electron chi connectivity index (χ3n) is 4.18. The number of ether oxygens (including phenoxy) is 1.